The molecule has 0 aliphatic rings. The van der Waals surface area contributed by atoms with E-state index >= 15 is 0 Å². The maximum Gasteiger partial charge on any atom is 0.345 e. The van der Waals surface area contributed by atoms with E-state index in [-0.39, 0.29) is 0 Å². The highest BCUT2D eigenvalue weighted by Gasteiger charge is 1.83. The Labute approximate surface area is 51.8 Å². The summed E-state index contributed by atoms with van der Waals surface area (Å²) < 4.78 is 0. The van der Waals surface area contributed by atoms with Gasteiger partial charge in [-0.3, -0.25) is 4.98 Å². The van der Waals surface area contributed by atoms with Gasteiger partial charge in [0.1, 0.15) is 0 Å². The van der Waals surface area contributed by atoms with E-state index in [1.807, 2.05) is 0 Å². The second kappa shape index (κ2) is 2.14. The Morgan fingerprint density at radius 3 is 3.00 bits per heavy atom. The quantitative estimate of drug-likeness (QED) is 0.480. The number of aromatic nitrogens is 2. The van der Waals surface area contributed by atoms with Gasteiger partial charge in [-0.15, -0.1) is 6.42 Å². The van der Waals surface area contributed by atoms with Crippen LogP contribution in [-0.2, 0) is 0 Å². The van der Waals surface area contributed by atoms with Crippen LogP contribution >= 0.6 is 0 Å². The van der Waals surface area contributed by atoms with E-state index in [0.29, 0.717) is 5.69 Å². The largest absolute Gasteiger partial charge is 0.345 e. The van der Waals surface area contributed by atoms with Crippen LogP contribution < -0.4 is 5.69 Å². The minimum absolute atomic E-state index is 0.412. The monoisotopic (exact) mass is 120 g/mol. The molecule has 3 heteroatoms. The molecule has 0 saturated heterocycles. The van der Waals surface area contributed by atoms with Crippen LogP contribution in [0, 0.1) is 12.3 Å². The molecule has 0 bridgehead atoms. The first-order chi connectivity index (χ1) is 4.33. The Hall–Kier alpha value is -1.56. The van der Waals surface area contributed by atoms with Crippen LogP contribution in [0.4, 0.5) is 0 Å². The van der Waals surface area contributed by atoms with Crippen molar-refractivity contribution in [3.05, 3.63) is 28.4 Å². The van der Waals surface area contributed by atoms with E-state index in [2.05, 4.69) is 15.9 Å². The van der Waals surface area contributed by atoms with E-state index in [1.165, 1.54) is 6.20 Å². The fourth-order valence-corrected chi connectivity index (χ4v) is 0.453. The normalized spacial score (nSPS) is 8.33. The molecule has 0 amide bonds. The molecule has 0 aliphatic heterocycles. The third-order valence-corrected chi connectivity index (χ3v) is 0.830. The standard InChI is InChI=1S/C6H4N2O/c1-2-5-3-4-7-6(9)8-5/h1,3-4H,(H,7,8,9). The zero-order valence-electron chi connectivity index (χ0n) is 4.59. The molecule has 1 N–H and O–H groups in total. The molecular weight excluding hydrogens is 116 g/mol. The molecule has 0 atom stereocenters. The van der Waals surface area contributed by atoms with Gasteiger partial charge in [0.2, 0.25) is 0 Å². The molecule has 1 aromatic heterocycles. The highest BCUT2D eigenvalue weighted by molar-refractivity contribution is 5.20. The molecule has 0 aliphatic carbocycles. The molecule has 0 radical (unpaired) electrons. The predicted molar refractivity (Wildman–Crippen MR) is 32.8 cm³/mol. The minimum atomic E-state index is -0.412. The van der Waals surface area contributed by atoms with Gasteiger partial charge in [0.15, 0.2) is 0 Å². The first-order valence-corrected chi connectivity index (χ1v) is 2.35. The molecule has 0 fully saturated rings. The Balaban J connectivity index is 3.28. The molecule has 1 heterocycles. The Kier molecular flexibility index (Phi) is 1.32. The lowest BCUT2D eigenvalue weighted by molar-refractivity contribution is 1.06. The molecule has 0 aromatic carbocycles. The Bertz CT molecular complexity index is 294. The molecular formula is C6H4N2O. The molecule has 1 rings (SSSR count). The van der Waals surface area contributed by atoms with E-state index in [0.717, 1.165) is 0 Å². The van der Waals surface area contributed by atoms with Gasteiger partial charge in [-0.2, -0.15) is 0 Å². The number of hydrogen-bond donors (Lipinski definition) is 1. The fraction of sp³-hybridized carbons (Fsp3) is 0. The third-order valence-electron chi connectivity index (χ3n) is 0.830. The second-order valence-corrected chi connectivity index (χ2v) is 1.43. The number of nitrogens with zero attached hydrogens (tertiary/aromatic N) is 1. The average Bonchev–Trinajstić information content (AvgIpc) is 1.88. The number of aromatic amines is 1. The van der Waals surface area contributed by atoms with E-state index in [4.69, 9.17) is 6.42 Å². The maximum atomic E-state index is 10.4. The van der Waals surface area contributed by atoms with Crippen LogP contribution in [0.2, 0.25) is 0 Å². The number of terminal acetylenes is 1. The Morgan fingerprint density at radius 2 is 2.56 bits per heavy atom. The van der Waals surface area contributed by atoms with Gasteiger partial charge in [0.25, 0.3) is 0 Å². The predicted octanol–water partition coefficient (Wildman–Crippen LogP) is -0.249. The molecule has 44 valence electrons. The lowest BCUT2D eigenvalue weighted by Gasteiger charge is -1.83. The van der Waals surface area contributed by atoms with Gasteiger partial charge in [-0.1, -0.05) is 5.92 Å². The van der Waals surface area contributed by atoms with Crippen molar-refractivity contribution in [3.63, 3.8) is 0 Å². The summed E-state index contributed by atoms with van der Waals surface area (Å²) >= 11 is 0. The number of nitrogens with one attached hydrogen (secondary N) is 1. The van der Waals surface area contributed by atoms with Crippen LogP contribution in [0.25, 0.3) is 0 Å². The van der Waals surface area contributed by atoms with Crippen LogP contribution in [-0.4, -0.2) is 9.97 Å². The van der Waals surface area contributed by atoms with Gasteiger partial charge < -0.3 is 0 Å². The van der Waals surface area contributed by atoms with Crippen molar-refractivity contribution >= 4 is 0 Å². The molecule has 1 aromatic rings. The summed E-state index contributed by atoms with van der Waals surface area (Å²) in [5.41, 5.74) is 0.0421. The number of rotatable bonds is 0. The van der Waals surface area contributed by atoms with Gasteiger partial charge in [-0.25, -0.2) is 9.78 Å². The van der Waals surface area contributed by atoms with Crippen molar-refractivity contribution in [1.82, 2.24) is 9.97 Å². The van der Waals surface area contributed by atoms with Gasteiger partial charge in [-0.05, 0) is 6.07 Å². The van der Waals surface area contributed by atoms with Crippen molar-refractivity contribution in [2.75, 3.05) is 0 Å². The van der Waals surface area contributed by atoms with Crippen molar-refractivity contribution in [1.29, 1.82) is 0 Å². The molecule has 0 saturated carbocycles. The smallest absolute Gasteiger partial charge is 0.299 e. The first kappa shape index (κ1) is 5.57. The summed E-state index contributed by atoms with van der Waals surface area (Å²) in [6, 6.07) is 1.56. The second-order valence-electron chi connectivity index (χ2n) is 1.43. The molecule has 9 heavy (non-hydrogen) atoms. The highest BCUT2D eigenvalue weighted by Crippen LogP contribution is 1.80. The van der Waals surface area contributed by atoms with Crippen LogP contribution in [0.1, 0.15) is 5.69 Å². The van der Waals surface area contributed by atoms with Gasteiger partial charge in [0.05, 0.1) is 5.69 Å². The lowest BCUT2D eigenvalue weighted by atomic mass is 10.4. The average molecular weight is 120 g/mol. The van der Waals surface area contributed by atoms with E-state index < -0.39 is 5.69 Å². The SMILES string of the molecule is C#Cc1ccnc(=O)[nH]1. The summed E-state index contributed by atoms with van der Waals surface area (Å²) in [5.74, 6) is 2.27. The maximum absolute atomic E-state index is 10.4. The van der Waals surface area contributed by atoms with Crippen molar-refractivity contribution in [3.8, 4) is 12.3 Å². The van der Waals surface area contributed by atoms with E-state index in [9.17, 15) is 4.79 Å². The van der Waals surface area contributed by atoms with Crippen molar-refractivity contribution in [2.24, 2.45) is 0 Å². The highest BCUT2D eigenvalue weighted by atomic mass is 16.1. The zero-order valence-corrected chi connectivity index (χ0v) is 4.59. The summed E-state index contributed by atoms with van der Waals surface area (Å²) in [6.07, 6.45) is 6.34. The topological polar surface area (TPSA) is 45.8 Å². The summed E-state index contributed by atoms with van der Waals surface area (Å²) in [4.78, 5) is 16.1. The molecule has 0 spiro atoms. The summed E-state index contributed by atoms with van der Waals surface area (Å²) in [5, 5.41) is 0. The molecule has 3 nitrogen and oxygen atoms in total. The van der Waals surface area contributed by atoms with Crippen molar-refractivity contribution < 1.29 is 0 Å². The van der Waals surface area contributed by atoms with Crippen molar-refractivity contribution in [2.45, 2.75) is 0 Å². The molecule has 0 unspecified atom stereocenters. The fourth-order valence-electron chi connectivity index (χ4n) is 0.453. The number of hydrogen-bond acceptors (Lipinski definition) is 2. The van der Waals surface area contributed by atoms with Crippen LogP contribution in [0.3, 0.4) is 0 Å². The lowest BCUT2D eigenvalue weighted by Crippen LogP contribution is -2.09. The zero-order chi connectivity index (χ0) is 6.69. The Morgan fingerprint density at radius 1 is 1.78 bits per heavy atom. The van der Waals surface area contributed by atoms with Gasteiger partial charge >= 0.3 is 5.69 Å². The van der Waals surface area contributed by atoms with Crippen LogP contribution in [0.15, 0.2) is 17.1 Å². The van der Waals surface area contributed by atoms with Crippen LogP contribution in [0.5, 0.6) is 0 Å². The number of H-pyrrole nitrogens is 1. The summed E-state index contributed by atoms with van der Waals surface area (Å²) in [7, 11) is 0. The van der Waals surface area contributed by atoms with Gasteiger partial charge in [0, 0.05) is 6.20 Å². The van der Waals surface area contributed by atoms with E-state index in [1.54, 1.807) is 6.07 Å². The minimum Gasteiger partial charge on any atom is -0.299 e. The first-order valence-electron chi connectivity index (χ1n) is 2.35. The third kappa shape index (κ3) is 1.16. The summed E-state index contributed by atoms with van der Waals surface area (Å²) in [6.45, 7) is 0.